The number of carboxylic acid groups (broad SMARTS) is 1. The SMILES string of the molecule is COCCOC(=O)N1C(=O)C2(c3cc(C#CCCO)ccc31)C(C(=O)O)C1C(=O)OC(c3ccccc3)C(c3ccccc3)N1C2c1ccc(OCCO)cc1. The molecule has 4 aromatic carbocycles. The van der Waals surface area contributed by atoms with E-state index in [0.29, 0.717) is 28.0 Å². The number of anilines is 1. The lowest BCUT2D eigenvalue weighted by molar-refractivity contribution is -0.179. The Hall–Kier alpha value is -6.04. The molecule has 3 aliphatic heterocycles. The lowest BCUT2D eigenvalue weighted by Crippen LogP contribution is -2.53. The maximum atomic E-state index is 15.6. The van der Waals surface area contributed by atoms with Crippen LogP contribution in [-0.4, -0.2) is 90.3 Å². The molecule has 0 aliphatic carbocycles. The van der Waals surface area contributed by atoms with E-state index in [-0.39, 0.29) is 50.7 Å². The van der Waals surface area contributed by atoms with Gasteiger partial charge in [-0.2, -0.15) is 0 Å². The molecule has 3 heterocycles. The molecular weight excluding hydrogens is 720 g/mol. The van der Waals surface area contributed by atoms with Gasteiger partial charge >= 0.3 is 18.0 Å². The fourth-order valence-corrected chi connectivity index (χ4v) is 8.35. The van der Waals surface area contributed by atoms with Crippen molar-refractivity contribution < 1.29 is 53.4 Å². The van der Waals surface area contributed by atoms with E-state index in [1.807, 2.05) is 60.7 Å². The van der Waals surface area contributed by atoms with Gasteiger partial charge in [-0.3, -0.25) is 19.3 Å². The van der Waals surface area contributed by atoms with Crippen LogP contribution in [0.1, 0.15) is 52.4 Å². The zero-order valence-corrected chi connectivity index (χ0v) is 30.4. The third-order valence-corrected chi connectivity index (χ3v) is 10.4. The Balaban J connectivity index is 1.55. The average molecular weight is 761 g/mol. The molecule has 0 saturated carbocycles. The molecule has 13 nitrogen and oxygen atoms in total. The number of carbonyl (C=O) groups excluding carboxylic acids is 3. The molecule has 13 heteroatoms. The van der Waals surface area contributed by atoms with Gasteiger partial charge in [-0.1, -0.05) is 84.6 Å². The van der Waals surface area contributed by atoms with Crippen LogP contribution in [0.15, 0.2) is 103 Å². The first kappa shape index (κ1) is 38.2. The molecule has 4 aromatic rings. The molecule has 1 spiro atoms. The number of cyclic esters (lactones) is 1. The number of aliphatic carboxylic acids is 1. The van der Waals surface area contributed by atoms with Crippen LogP contribution in [0.4, 0.5) is 10.5 Å². The Morgan fingerprint density at radius 1 is 0.821 bits per heavy atom. The lowest BCUT2D eigenvalue weighted by atomic mass is 9.65. The maximum Gasteiger partial charge on any atom is 0.421 e. The highest BCUT2D eigenvalue weighted by molar-refractivity contribution is 6.23. The third kappa shape index (κ3) is 6.56. The Kier molecular flexibility index (Phi) is 11.2. The molecule has 2 saturated heterocycles. The molecule has 7 rings (SSSR count). The smallest absolute Gasteiger partial charge is 0.421 e. The fourth-order valence-electron chi connectivity index (χ4n) is 8.35. The van der Waals surface area contributed by atoms with Gasteiger partial charge in [0.15, 0.2) is 0 Å². The molecule has 6 unspecified atom stereocenters. The molecule has 3 aliphatic rings. The number of rotatable bonds is 11. The summed E-state index contributed by atoms with van der Waals surface area (Å²) < 4.78 is 22.5. The van der Waals surface area contributed by atoms with E-state index in [1.54, 1.807) is 41.3 Å². The Morgan fingerprint density at radius 2 is 1.52 bits per heavy atom. The normalized spacial score (nSPS) is 23.8. The molecule has 3 N–H and O–H groups in total. The quantitative estimate of drug-likeness (QED) is 0.113. The summed E-state index contributed by atoms with van der Waals surface area (Å²) in [4.78, 5) is 60.9. The van der Waals surface area contributed by atoms with Crippen molar-refractivity contribution in [3.63, 3.8) is 0 Å². The minimum Gasteiger partial charge on any atom is -0.491 e. The summed E-state index contributed by atoms with van der Waals surface area (Å²) in [6.07, 6.45) is -1.83. The van der Waals surface area contributed by atoms with Crippen LogP contribution in [0.5, 0.6) is 5.75 Å². The van der Waals surface area contributed by atoms with Crippen LogP contribution in [0, 0.1) is 17.8 Å². The number of methoxy groups -OCH3 is 1. The summed E-state index contributed by atoms with van der Waals surface area (Å²) in [6.45, 7) is -0.545. The predicted molar refractivity (Wildman–Crippen MR) is 200 cm³/mol. The number of imide groups is 1. The summed E-state index contributed by atoms with van der Waals surface area (Å²) in [7, 11) is 1.43. The molecule has 0 aromatic heterocycles. The number of amides is 2. The number of hydrogen-bond donors (Lipinski definition) is 3. The second-order valence-electron chi connectivity index (χ2n) is 13.5. The Labute approximate surface area is 323 Å². The minimum atomic E-state index is -2.15. The van der Waals surface area contributed by atoms with Gasteiger partial charge in [-0.25, -0.2) is 9.69 Å². The van der Waals surface area contributed by atoms with Crippen molar-refractivity contribution in [3.05, 3.63) is 131 Å². The number of carbonyl (C=O) groups is 4. The van der Waals surface area contributed by atoms with E-state index < -0.39 is 59.5 Å². The number of morpholine rings is 1. The number of esters is 1. The molecule has 56 heavy (non-hydrogen) atoms. The van der Waals surface area contributed by atoms with Crippen molar-refractivity contribution in [2.24, 2.45) is 5.92 Å². The van der Waals surface area contributed by atoms with Gasteiger partial charge in [0.05, 0.1) is 37.6 Å². The monoisotopic (exact) mass is 760 g/mol. The van der Waals surface area contributed by atoms with Crippen molar-refractivity contribution in [2.75, 3.05) is 45.0 Å². The van der Waals surface area contributed by atoms with Gasteiger partial charge in [-0.15, -0.1) is 0 Å². The molecule has 2 fully saturated rings. The topological polar surface area (TPSA) is 172 Å². The average Bonchev–Trinajstić information content (AvgIpc) is 3.67. The van der Waals surface area contributed by atoms with E-state index in [1.165, 1.54) is 13.2 Å². The number of ether oxygens (including phenoxy) is 4. The summed E-state index contributed by atoms with van der Waals surface area (Å²) >= 11 is 0. The number of benzene rings is 4. The van der Waals surface area contributed by atoms with Crippen LogP contribution in [0.25, 0.3) is 0 Å². The van der Waals surface area contributed by atoms with Gasteiger partial charge in [0.1, 0.15) is 42.4 Å². The lowest BCUT2D eigenvalue weighted by Gasteiger charge is -2.46. The van der Waals surface area contributed by atoms with Crippen LogP contribution in [0.3, 0.4) is 0 Å². The molecular formula is C43H40N2O11. The second kappa shape index (κ2) is 16.4. The zero-order valence-electron chi connectivity index (χ0n) is 30.4. The minimum absolute atomic E-state index is 0.0226. The molecule has 6 atom stereocenters. The predicted octanol–water partition coefficient (Wildman–Crippen LogP) is 4.32. The van der Waals surface area contributed by atoms with E-state index in [4.69, 9.17) is 18.9 Å². The number of fused-ring (bicyclic) bond motifs is 3. The summed E-state index contributed by atoms with van der Waals surface area (Å²) in [5.41, 5.74) is 0.269. The second-order valence-corrected chi connectivity index (χ2v) is 13.5. The number of nitrogens with zero attached hydrogens (tertiary/aromatic N) is 2. The van der Waals surface area contributed by atoms with Gasteiger partial charge in [0.2, 0.25) is 5.91 Å². The first-order valence-corrected chi connectivity index (χ1v) is 18.2. The zero-order chi connectivity index (χ0) is 39.4. The summed E-state index contributed by atoms with van der Waals surface area (Å²) in [6, 6.07) is 26.1. The van der Waals surface area contributed by atoms with E-state index in [0.717, 1.165) is 4.90 Å². The first-order chi connectivity index (χ1) is 27.3. The number of carboxylic acids is 1. The Bertz CT molecular complexity index is 2150. The maximum absolute atomic E-state index is 15.6. The van der Waals surface area contributed by atoms with Crippen LogP contribution < -0.4 is 9.64 Å². The standard InChI is InChI=1S/C43H40N2O11/c1-53-24-25-55-42(52)44-33-20-15-27(10-8-9-21-46)26-32(33)43(41(44)51)34(39(48)49)36-40(50)56-37(29-13-6-3-7-14-29)35(28-11-4-2-5-12-28)45(36)38(43)30-16-18-31(19-17-30)54-23-22-47/h2-7,11-20,26,34-38,46-47H,9,21-25H2,1H3,(H,48,49). The van der Waals surface area contributed by atoms with Crippen molar-refractivity contribution in [1.29, 1.82) is 0 Å². The molecule has 0 radical (unpaired) electrons. The molecule has 0 bridgehead atoms. The number of aliphatic hydroxyl groups excluding tert-OH is 2. The third-order valence-electron chi connectivity index (χ3n) is 10.4. The highest BCUT2D eigenvalue weighted by Crippen LogP contribution is 2.66. The first-order valence-electron chi connectivity index (χ1n) is 18.2. The number of hydrogen-bond acceptors (Lipinski definition) is 11. The van der Waals surface area contributed by atoms with Crippen LogP contribution >= 0.6 is 0 Å². The van der Waals surface area contributed by atoms with E-state index in [9.17, 15) is 29.7 Å². The van der Waals surface area contributed by atoms with Crippen LogP contribution in [0.2, 0.25) is 0 Å². The van der Waals surface area contributed by atoms with Crippen molar-refractivity contribution in [1.82, 2.24) is 4.90 Å². The fraction of sp³-hybridized carbons (Fsp3) is 0.302. The van der Waals surface area contributed by atoms with Gasteiger partial charge < -0.3 is 34.3 Å². The van der Waals surface area contributed by atoms with E-state index >= 15 is 4.79 Å². The molecule has 2 amide bonds. The van der Waals surface area contributed by atoms with Crippen molar-refractivity contribution >= 4 is 29.6 Å². The summed E-state index contributed by atoms with van der Waals surface area (Å²) in [5.74, 6) is 1.25. The van der Waals surface area contributed by atoms with Crippen molar-refractivity contribution in [2.45, 2.75) is 36.1 Å². The summed E-state index contributed by atoms with van der Waals surface area (Å²) in [5, 5.41) is 30.2. The largest absolute Gasteiger partial charge is 0.491 e. The highest BCUT2D eigenvalue weighted by Gasteiger charge is 2.76. The van der Waals surface area contributed by atoms with Crippen molar-refractivity contribution in [3.8, 4) is 17.6 Å². The van der Waals surface area contributed by atoms with Gasteiger partial charge in [0.25, 0.3) is 0 Å². The Morgan fingerprint density at radius 3 is 2.16 bits per heavy atom. The highest BCUT2D eigenvalue weighted by atomic mass is 16.6. The van der Waals surface area contributed by atoms with Crippen LogP contribution in [-0.2, 0) is 34.0 Å². The van der Waals surface area contributed by atoms with Gasteiger partial charge in [0, 0.05) is 19.1 Å². The van der Waals surface area contributed by atoms with Gasteiger partial charge in [-0.05, 0) is 52.6 Å². The number of aliphatic hydroxyl groups is 2. The molecule has 288 valence electrons. The van der Waals surface area contributed by atoms with E-state index in [2.05, 4.69) is 11.8 Å².